The molecule has 1 saturated carbocycles. The first kappa shape index (κ1) is 33.4. The number of phenols is 4. The molecule has 0 bridgehead atoms. The standard InChI is InChI=1S/C42H52O4/c1-24-14-30(15-25(2)37(24)43)20-32-22-35(18-28(5)39(32)45)41(7,8)34-10-12-42(9,13-11-34)36-19-29(6)40(46)33(23-36)21-31-16-26(3)38(44)27(4)17-31/h14-19,22-23,34,43-46H,10-13,20-21H2,1-9H3. The Hall–Kier alpha value is -3.92. The van der Waals surface area contributed by atoms with Gasteiger partial charge in [-0.1, -0.05) is 69.3 Å². The van der Waals surface area contributed by atoms with Gasteiger partial charge in [0.15, 0.2) is 0 Å². The van der Waals surface area contributed by atoms with Crippen molar-refractivity contribution in [3.05, 3.63) is 115 Å². The lowest BCUT2D eigenvalue weighted by atomic mass is 9.60. The van der Waals surface area contributed by atoms with E-state index in [-0.39, 0.29) is 10.8 Å². The monoisotopic (exact) mass is 620 g/mol. The van der Waals surface area contributed by atoms with Crippen LogP contribution in [0.5, 0.6) is 23.0 Å². The van der Waals surface area contributed by atoms with Crippen molar-refractivity contribution in [2.24, 2.45) is 5.92 Å². The van der Waals surface area contributed by atoms with Gasteiger partial charge in [0, 0.05) is 12.8 Å². The number of hydrogen-bond donors (Lipinski definition) is 4. The van der Waals surface area contributed by atoms with Gasteiger partial charge in [0.25, 0.3) is 0 Å². The van der Waals surface area contributed by atoms with Gasteiger partial charge in [-0.25, -0.2) is 0 Å². The molecule has 0 aliphatic heterocycles. The fraction of sp³-hybridized carbons (Fsp3) is 0.429. The van der Waals surface area contributed by atoms with Crippen LogP contribution in [0.4, 0.5) is 0 Å². The molecular weight excluding hydrogens is 568 g/mol. The summed E-state index contributed by atoms with van der Waals surface area (Å²) < 4.78 is 0. The van der Waals surface area contributed by atoms with Gasteiger partial charge in [0.2, 0.25) is 0 Å². The summed E-state index contributed by atoms with van der Waals surface area (Å²) in [7, 11) is 0. The SMILES string of the molecule is Cc1cc(Cc2cc(C3(C)CCC(C(C)(C)c4cc(C)c(O)c(Cc5cc(C)c(O)c(C)c5)c4)CC3)cc(C)c2O)cc(C)c1O. The largest absolute Gasteiger partial charge is 0.507 e. The molecule has 0 heterocycles. The molecule has 0 spiro atoms. The van der Waals surface area contributed by atoms with Crippen LogP contribution in [0.15, 0.2) is 48.5 Å². The van der Waals surface area contributed by atoms with E-state index in [9.17, 15) is 20.4 Å². The molecule has 5 rings (SSSR count). The molecule has 4 heteroatoms. The second-order valence-electron chi connectivity index (χ2n) is 15.2. The molecule has 0 aromatic heterocycles. The van der Waals surface area contributed by atoms with E-state index in [1.165, 1.54) is 11.1 Å². The molecule has 0 saturated heterocycles. The Morgan fingerprint density at radius 2 is 0.957 bits per heavy atom. The van der Waals surface area contributed by atoms with E-state index < -0.39 is 0 Å². The Morgan fingerprint density at radius 1 is 0.565 bits per heavy atom. The summed E-state index contributed by atoms with van der Waals surface area (Å²) in [5.74, 6) is 1.89. The third-order valence-electron chi connectivity index (χ3n) is 11.2. The Labute approximate surface area is 275 Å². The highest BCUT2D eigenvalue weighted by molar-refractivity contribution is 5.51. The predicted molar refractivity (Wildman–Crippen MR) is 189 cm³/mol. The zero-order chi connectivity index (χ0) is 33.7. The van der Waals surface area contributed by atoms with E-state index in [2.05, 4.69) is 45.0 Å². The molecule has 0 unspecified atom stereocenters. The fourth-order valence-electron chi connectivity index (χ4n) is 7.93. The van der Waals surface area contributed by atoms with Crippen molar-refractivity contribution in [3.63, 3.8) is 0 Å². The average molecular weight is 621 g/mol. The van der Waals surface area contributed by atoms with Crippen molar-refractivity contribution in [2.75, 3.05) is 0 Å². The lowest BCUT2D eigenvalue weighted by Crippen LogP contribution is -2.37. The Kier molecular flexibility index (Phi) is 8.98. The lowest BCUT2D eigenvalue weighted by molar-refractivity contribution is 0.178. The molecule has 4 nitrogen and oxygen atoms in total. The first-order chi connectivity index (χ1) is 21.5. The molecule has 4 N–H and O–H groups in total. The van der Waals surface area contributed by atoms with Crippen LogP contribution < -0.4 is 0 Å². The van der Waals surface area contributed by atoms with E-state index in [1.807, 2.05) is 65.8 Å². The van der Waals surface area contributed by atoms with Crippen LogP contribution >= 0.6 is 0 Å². The maximum atomic E-state index is 11.1. The van der Waals surface area contributed by atoms with Gasteiger partial charge < -0.3 is 20.4 Å². The Morgan fingerprint density at radius 3 is 1.41 bits per heavy atom. The van der Waals surface area contributed by atoms with E-state index in [0.29, 0.717) is 41.8 Å². The van der Waals surface area contributed by atoms with Crippen LogP contribution in [-0.2, 0) is 23.7 Å². The molecule has 244 valence electrons. The minimum absolute atomic E-state index is 0.0190. The fourth-order valence-corrected chi connectivity index (χ4v) is 7.93. The summed E-state index contributed by atoms with van der Waals surface area (Å²) in [4.78, 5) is 0. The number of benzene rings is 4. The van der Waals surface area contributed by atoms with Gasteiger partial charge in [0.1, 0.15) is 23.0 Å². The minimum Gasteiger partial charge on any atom is -0.507 e. The summed E-state index contributed by atoms with van der Waals surface area (Å²) in [6.45, 7) is 18.8. The molecule has 0 radical (unpaired) electrons. The molecule has 1 fully saturated rings. The highest BCUT2D eigenvalue weighted by Crippen LogP contribution is 2.49. The second-order valence-corrected chi connectivity index (χ2v) is 15.2. The molecule has 1 aliphatic carbocycles. The van der Waals surface area contributed by atoms with E-state index in [1.54, 1.807) is 0 Å². The molecule has 4 aromatic rings. The third-order valence-corrected chi connectivity index (χ3v) is 11.2. The summed E-state index contributed by atoms with van der Waals surface area (Å²) in [5, 5.41) is 42.6. The van der Waals surface area contributed by atoms with Crippen LogP contribution in [0.3, 0.4) is 0 Å². The normalized spacial score (nSPS) is 18.6. The Balaban J connectivity index is 1.37. The zero-order valence-electron chi connectivity index (χ0n) is 29.2. The van der Waals surface area contributed by atoms with Gasteiger partial charge in [0.05, 0.1) is 0 Å². The Bertz CT molecular complexity index is 1740. The number of aryl methyl sites for hydroxylation is 6. The van der Waals surface area contributed by atoms with Crippen molar-refractivity contribution in [1.82, 2.24) is 0 Å². The predicted octanol–water partition coefficient (Wildman–Crippen LogP) is 9.97. The number of phenolic OH excluding ortho intramolecular Hbond substituents is 4. The maximum absolute atomic E-state index is 11.1. The highest BCUT2D eigenvalue weighted by Gasteiger charge is 2.40. The van der Waals surface area contributed by atoms with Gasteiger partial charge in [-0.15, -0.1) is 0 Å². The average Bonchev–Trinajstić information content (AvgIpc) is 2.99. The molecule has 4 aromatic carbocycles. The van der Waals surface area contributed by atoms with E-state index in [4.69, 9.17) is 0 Å². The van der Waals surface area contributed by atoms with Crippen molar-refractivity contribution in [3.8, 4) is 23.0 Å². The number of rotatable bonds is 7. The van der Waals surface area contributed by atoms with Crippen LogP contribution in [0.25, 0.3) is 0 Å². The van der Waals surface area contributed by atoms with Crippen LogP contribution in [0.1, 0.15) is 113 Å². The number of aromatic hydroxyl groups is 4. The maximum Gasteiger partial charge on any atom is 0.122 e. The van der Waals surface area contributed by atoms with Gasteiger partial charge in [-0.05, 0) is 151 Å². The smallest absolute Gasteiger partial charge is 0.122 e. The summed E-state index contributed by atoms with van der Waals surface area (Å²) in [5.41, 5.74) is 11.8. The molecule has 0 amide bonds. The van der Waals surface area contributed by atoms with Crippen molar-refractivity contribution >= 4 is 0 Å². The van der Waals surface area contributed by atoms with Gasteiger partial charge >= 0.3 is 0 Å². The van der Waals surface area contributed by atoms with Crippen LogP contribution in [0.2, 0.25) is 0 Å². The van der Waals surface area contributed by atoms with Crippen molar-refractivity contribution in [2.45, 2.75) is 112 Å². The summed E-state index contributed by atoms with van der Waals surface area (Å²) in [6, 6.07) is 16.8. The van der Waals surface area contributed by atoms with Gasteiger partial charge in [-0.3, -0.25) is 0 Å². The molecule has 0 atom stereocenters. The lowest BCUT2D eigenvalue weighted by Gasteiger charge is -2.44. The second kappa shape index (κ2) is 12.4. The summed E-state index contributed by atoms with van der Waals surface area (Å²) in [6.07, 6.45) is 5.57. The quantitative estimate of drug-likeness (QED) is 0.166. The molecule has 1 aliphatic rings. The number of hydrogen-bond acceptors (Lipinski definition) is 4. The summed E-state index contributed by atoms with van der Waals surface area (Å²) >= 11 is 0. The first-order valence-corrected chi connectivity index (χ1v) is 16.7. The molecular formula is C42H52O4. The topological polar surface area (TPSA) is 80.9 Å². The minimum atomic E-state index is -0.0695. The third kappa shape index (κ3) is 6.36. The van der Waals surface area contributed by atoms with E-state index in [0.717, 1.165) is 81.3 Å². The van der Waals surface area contributed by atoms with Crippen LogP contribution in [-0.4, -0.2) is 20.4 Å². The first-order valence-electron chi connectivity index (χ1n) is 16.7. The molecule has 46 heavy (non-hydrogen) atoms. The van der Waals surface area contributed by atoms with Crippen LogP contribution in [0, 0.1) is 47.5 Å². The van der Waals surface area contributed by atoms with Crippen molar-refractivity contribution < 1.29 is 20.4 Å². The van der Waals surface area contributed by atoms with E-state index >= 15 is 0 Å². The highest BCUT2D eigenvalue weighted by atomic mass is 16.3. The van der Waals surface area contributed by atoms with Gasteiger partial charge in [-0.2, -0.15) is 0 Å². The van der Waals surface area contributed by atoms with Crippen molar-refractivity contribution in [1.29, 1.82) is 0 Å². The zero-order valence-corrected chi connectivity index (χ0v) is 29.2.